The third kappa shape index (κ3) is 4.22. The summed E-state index contributed by atoms with van der Waals surface area (Å²) in [5, 5.41) is 8.23. The third-order valence-electron chi connectivity index (χ3n) is 5.35. The van der Waals surface area contributed by atoms with E-state index in [1.807, 2.05) is 30.0 Å². The summed E-state index contributed by atoms with van der Waals surface area (Å²) in [5.74, 6) is 0.713. The highest BCUT2D eigenvalue weighted by Gasteiger charge is 2.24. The number of nitrogens with one attached hydrogen (secondary N) is 2. The van der Waals surface area contributed by atoms with Gasteiger partial charge in [0, 0.05) is 29.2 Å². The lowest BCUT2D eigenvalue weighted by Crippen LogP contribution is -2.36. The molecule has 1 fully saturated rings. The van der Waals surface area contributed by atoms with Crippen LogP contribution >= 0.6 is 11.3 Å². The van der Waals surface area contributed by atoms with Gasteiger partial charge in [-0.2, -0.15) is 0 Å². The Bertz CT molecular complexity index is 857. The number of carbonyl (C=O) groups excluding carboxylic acids is 2. The fraction of sp³-hybridized carbons (Fsp3) is 0.429. The number of rotatable bonds is 6. The lowest BCUT2D eigenvalue weighted by molar-refractivity contribution is -0.115. The first kappa shape index (κ1) is 18.2. The Morgan fingerprint density at radius 3 is 2.93 bits per heavy atom. The summed E-state index contributed by atoms with van der Waals surface area (Å²) < 4.78 is 0. The summed E-state index contributed by atoms with van der Waals surface area (Å²) >= 11 is 1.77. The number of amides is 2. The molecule has 2 N–H and O–H groups in total. The van der Waals surface area contributed by atoms with Gasteiger partial charge in [-0.3, -0.25) is 9.59 Å². The Kier molecular flexibility index (Phi) is 5.27. The molecule has 5 nitrogen and oxygen atoms in total. The molecule has 0 bridgehead atoms. The van der Waals surface area contributed by atoms with Gasteiger partial charge in [-0.05, 0) is 73.4 Å². The van der Waals surface area contributed by atoms with Crippen LogP contribution in [0.25, 0.3) is 0 Å². The van der Waals surface area contributed by atoms with Crippen molar-refractivity contribution < 1.29 is 9.59 Å². The second-order valence-corrected chi connectivity index (χ2v) is 8.45. The summed E-state index contributed by atoms with van der Waals surface area (Å²) in [7, 11) is 0. The van der Waals surface area contributed by atoms with E-state index in [1.165, 1.54) is 23.3 Å². The van der Waals surface area contributed by atoms with Crippen LogP contribution in [0.1, 0.15) is 39.2 Å². The summed E-state index contributed by atoms with van der Waals surface area (Å²) in [6, 6.07) is 7.66. The maximum absolute atomic E-state index is 13.0. The number of anilines is 1. The minimum Gasteiger partial charge on any atom is -0.334 e. The second-order valence-electron chi connectivity index (χ2n) is 7.45. The molecular weight excluding hydrogens is 358 g/mol. The minimum absolute atomic E-state index is 0.0345. The lowest BCUT2D eigenvalue weighted by atomic mass is 10.0. The van der Waals surface area contributed by atoms with Crippen molar-refractivity contribution in [2.24, 2.45) is 5.92 Å². The Morgan fingerprint density at radius 1 is 1.26 bits per heavy atom. The number of benzene rings is 1. The second kappa shape index (κ2) is 7.82. The van der Waals surface area contributed by atoms with Crippen molar-refractivity contribution >= 4 is 28.8 Å². The smallest absolute Gasteiger partial charge is 0.254 e. The molecule has 1 saturated carbocycles. The van der Waals surface area contributed by atoms with Gasteiger partial charge >= 0.3 is 0 Å². The first-order chi connectivity index (χ1) is 13.1. The maximum Gasteiger partial charge on any atom is 0.254 e. The number of carbonyl (C=O) groups is 2. The van der Waals surface area contributed by atoms with Crippen LogP contribution in [0.2, 0.25) is 0 Å². The van der Waals surface area contributed by atoms with Gasteiger partial charge in [0.05, 0.1) is 6.54 Å². The molecule has 0 saturated heterocycles. The van der Waals surface area contributed by atoms with Crippen LogP contribution in [0.4, 0.5) is 5.69 Å². The number of hydrogen-bond acceptors (Lipinski definition) is 4. The topological polar surface area (TPSA) is 61.4 Å². The average molecular weight is 384 g/mol. The van der Waals surface area contributed by atoms with E-state index in [4.69, 9.17) is 0 Å². The predicted octanol–water partition coefficient (Wildman–Crippen LogP) is 3.19. The van der Waals surface area contributed by atoms with Crippen molar-refractivity contribution in [1.29, 1.82) is 0 Å². The molecule has 2 aromatic rings. The molecule has 1 aliphatic heterocycles. The largest absolute Gasteiger partial charge is 0.334 e. The Hall–Kier alpha value is -2.18. The normalized spacial score (nSPS) is 16.1. The van der Waals surface area contributed by atoms with E-state index in [-0.39, 0.29) is 11.8 Å². The van der Waals surface area contributed by atoms with Gasteiger partial charge in [0.15, 0.2) is 0 Å². The van der Waals surface area contributed by atoms with Crippen molar-refractivity contribution in [3.8, 4) is 0 Å². The zero-order valence-electron chi connectivity index (χ0n) is 15.6. The standard InChI is InChI=1S/C21H25N3O2S/c1-14-17(21(26)24-9-7-19-16(13-24)8-10-27-19)3-2-4-18(14)23-20(25)12-22-11-15-5-6-15/h2-4,8,10,15,22H,5-7,9,11-13H2,1H3,(H,23,25). The zero-order valence-corrected chi connectivity index (χ0v) is 16.4. The number of thiophene rings is 1. The Balaban J connectivity index is 1.41. The molecule has 6 heteroatoms. The van der Waals surface area contributed by atoms with Crippen LogP contribution in [0, 0.1) is 12.8 Å². The molecule has 4 rings (SSSR count). The summed E-state index contributed by atoms with van der Waals surface area (Å²) in [5.41, 5.74) is 3.46. The predicted molar refractivity (Wildman–Crippen MR) is 108 cm³/mol. The molecule has 0 spiro atoms. The molecule has 0 radical (unpaired) electrons. The summed E-state index contributed by atoms with van der Waals surface area (Å²) in [4.78, 5) is 28.5. The SMILES string of the molecule is Cc1c(NC(=O)CNCC2CC2)cccc1C(=O)N1CCc2sccc2C1. The number of fused-ring (bicyclic) bond motifs is 1. The first-order valence-electron chi connectivity index (χ1n) is 9.56. The van der Waals surface area contributed by atoms with Crippen molar-refractivity contribution in [2.75, 3.05) is 25.0 Å². The van der Waals surface area contributed by atoms with Crippen LogP contribution in [0.5, 0.6) is 0 Å². The Labute approximate surface area is 163 Å². The van der Waals surface area contributed by atoms with Gasteiger partial charge in [-0.1, -0.05) is 6.07 Å². The van der Waals surface area contributed by atoms with E-state index in [9.17, 15) is 9.59 Å². The molecule has 2 amide bonds. The van der Waals surface area contributed by atoms with E-state index in [2.05, 4.69) is 22.1 Å². The average Bonchev–Trinajstić information content (AvgIpc) is 3.37. The minimum atomic E-state index is -0.0655. The van der Waals surface area contributed by atoms with Crippen molar-refractivity contribution in [1.82, 2.24) is 10.2 Å². The molecule has 0 atom stereocenters. The van der Waals surface area contributed by atoms with Crippen LogP contribution in [-0.4, -0.2) is 36.3 Å². The fourth-order valence-electron chi connectivity index (χ4n) is 3.50. The molecular formula is C21H25N3O2S. The zero-order chi connectivity index (χ0) is 18.8. The molecule has 2 heterocycles. The molecule has 2 aliphatic rings. The van der Waals surface area contributed by atoms with Gasteiger partial charge in [-0.25, -0.2) is 0 Å². The maximum atomic E-state index is 13.0. The van der Waals surface area contributed by atoms with E-state index < -0.39 is 0 Å². The molecule has 1 aliphatic carbocycles. The van der Waals surface area contributed by atoms with E-state index in [0.29, 0.717) is 24.3 Å². The van der Waals surface area contributed by atoms with E-state index in [0.717, 1.165) is 31.0 Å². The van der Waals surface area contributed by atoms with E-state index in [1.54, 1.807) is 11.3 Å². The van der Waals surface area contributed by atoms with Crippen LogP contribution in [0.15, 0.2) is 29.6 Å². The molecule has 142 valence electrons. The number of nitrogens with zero attached hydrogens (tertiary/aromatic N) is 1. The van der Waals surface area contributed by atoms with Gasteiger partial charge in [-0.15, -0.1) is 11.3 Å². The summed E-state index contributed by atoms with van der Waals surface area (Å²) in [6.45, 7) is 4.53. The van der Waals surface area contributed by atoms with Crippen LogP contribution in [0.3, 0.4) is 0 Å². The highest BCUT2D eigenvalue weighted by molar-refractivity contribution is 7.10. The Morgan fingerprint density at radius 2 is 2.11 bits per heavy atom. The van der Waals surface area contributed by atoms with Crippen molar-refractivity contribution in [3.05, 3.63) is 51.2 Å². The van der Waals surface area contributed by atoms with Gasteiger partial charge in [0.1, 0.15) is 0 Å². The molecule has 27 heavy (non-hydrogen) atoms. The van der Waals surface area contributed by atoms with Crippen LogP contribution in [-0.2, 0) is 17.8 Å². The lowest BCUT2D eigenvalue weighted by Gasteiger charge is -2.28. The van der Waals surface area contributed by atoms with Crippen molar-refractivity contribution in [3.63, 3.8) is 0 Å². The van der Waals surface area contributed by atoms with Gasteiger partial charge in [0.25, 0.3) is 5.91 Å². The monoisotopic (exact) mass is 383 g/mol. The van der Waals surface area contributed by atoms with E-state index >= 15 is 0 Å². The van der Waals surface area contributed by atoms with Gasteiger partial charge < -0.3 is 15.5 Å². The molecule has 1 aromatic carbocycles. The molecule has 1 aromatic heterocycles. The highest BCUT2D eigenvalue weighted by atomic mass is 32.1. The number of hydrogen-bond donors (Lipinski definition) is 2. The fourth-order valence-corrected chi connectivity index (χ4v) is 4.39. The quantitative estimate of drug-likeness (QED) is 0.805. The summed E-state index contributed by atoms with van der Waals surface area (Å²) in [6.07, 6.45) is 3.45. The van der Waals surface area contributed by atoms with Gasteiger partial charge in [0.2, 0.25) is 5.91 Å². The molecule has 0 unspecified atom stereocenters. The third-order valence-corrected chi connectivity index (χ3v) is 6.37. The first-order valence-corrected chi connectivity index (χ1v) is 10.4. The van der Waals surface area contributed by atoms with Crippen LogP contribution < -0.4 is 10.6 Å². The van der Waals surface area contributed by atoms with Crippen molar-refractivity contribution in [2.45, 2.75) is 32.7 Å². The highest BCUT2D eigenvalue weighted by Crippen LogP contribution is 2.28.